The summed E-state index contributed by atoms with van der Waals surface area (Å²) in [5.41, 5.74) is 0. The molecule has 7 aromatic carbocycles. The number of fused-ring (bicyclic) bond motifs is 8. The second-order valence-corrected chi connectivity index (χ2v) is 7.71. The van der Waals surface area contributed by atoms with Crippen molar-refractivity contribution in [2.24, 2.45) is 0 Å². The second-order valence-electron chi connectivity index (χ2n) is 7.71. The van der Waals surface area contributed by atoms with Crippen LogP contribution >= 0.6 is 0 Å². The molecule has 0 saturated carbocycles. The summed E-state index contributed by atoms with van der Waals surface area (Å²) in [6.07, 6.45) is 0. The highest BCUT2D eigenvalue weighted by molar-refractivity contribution is 6.42. The van der Waals surface area contributed by atoms with Gasteiger partial charge in [0.1, 0.15) is 0 Å². The molecule has 7 rings (SSSR count). The molecule has 28 heavy (non-hydrogen) atoms. The van der Waals surface area contributed by atoms with Crippen LogP contribution in [0.3, 0.4) is 0 Å². The quantitative estimate of drug-likeness (QED) is 0.191. The van der Waals surface area contributed by atoms with E-state index in [1.807, 2.05) is 0 Å². The Kier molecular flexibility index (Phi) is 2.57. The van der Waals surface area contributed by atoms with E-state index in [2.05, 4.69) is 97.1 Å². The molecule has 0 N–H and O–H groups in total. The molecule has 0 spiro atoms. The fourth-order valence-corrected chi connectivity index (χ4v) is 5.26. The lowest BCUT2D eigenvalue weighted by Gasteiger charge is -2.18. The lowest BCUT2D eigenvalue weighted by Crippen LogP contribution is -1.90. The van der Waals surface area contributed by atoms with Crippen molar-refractivity contribution >= 4 is 64.6 Å². The van der Waals surface area contributed by atoms with Crippen molar-refractivity contribution in [3.8, 4) is 0 Å². The molecule has 0 atom stereocenters. The Labute approximate surface area is 162 Å². The third kappa shape index (κ3) is 1.62. The van der Waals surface area contributed by atoms with Crippen LogP contribution < -0.4 is 0 Å². The van der Waals surface area contributed by atoms with Gasteiger partial charge in [0.15, 0.2) is 0 Å². The van der Waals surface area contributed by atoms with Gasteiger partial charge in [-0.3, -0.25) is 0 Å². The third-order valence-corrected chi connectivity index (χ3v) is 6.37. The van der Waals surface area contributed by atoms with Crippen LogP contribution in [-0.2, 0) is 0 Å². The molecule has 0 aliphatic carbocycles. The van der Waals surface area contributed by atoms with Crippen molar-refractivity contribution in [2.75, 3.05) is 0 Å². The van der Waals surface area contributed by atoms with E-state index < -0.39 is 0 Å². The minimum atomic E-state index is 1.30. The van der Waals surface area contributed by atoms with E-state index in [0.717, 1.165) is 0 Å². The molecule has 0 aliphatic rings. The normalized spacial score (nSPS) is 12.3. The van der Waals surface area contributed by atoms with Crippen LogP contribution in [0.25, 0.3) is 64.6 Å². The van der Waals surface area contributed by atoms with Gasteiger partial charge in [-0.15, -0.1) is 0 Å². The fourth-order valence-electron chi connectivity index (χ4n) is 5.26. The molecule has 0 radical (unpaired) electrons. The zero-order chi connectivity index (χ0) is 18.2. The van der Waals surface area contributed by atoms with Crippen LogP contribution in [0.2, 0.25) is 0 Å². The largest absolute Gasteiger partial charge is 0.0616 e. The molecule has 0 aromatic heterocycles. The van der Waals surface area contributed by atoms with Gasteiger partial charge >= 0.3 is 0 Å². The van der Waals surface area contributed by atoms with E-state index in [4.69, 9.17) is 0 Å². The first-order valence-corrected chi connectivity index (χ1v) is 9.80. The summed E-state index contributed by atoms with van der Waals surface area (Å²) in [5, 5.41) is 16.3. The van der Waals surface area contributed by atoms with Crippen LogP contribution in [0.1, 0.15) is 0 Å². The third-order valence-electron chi connectivity index (χ3n) is 6.37. The second kappa shape index (κ2) is 4.99. The van der Waals surface area contributed by atoms with E-state index >= 15 is 0 Å². The Morgan fingerprint density at radius 1 is 0.250 bits per heavy atom. The molecule has 0 heterocycles. The molecule has 0 saturated heterocycles. The SMILES string of the molecule is c1ccc2c(c1)ccc1c3cccc4c5ccccc5c5cccc(c21)c5c43. The van der Waals surface area contributed by atoms with Gasteiger partial charge < -0.3 is 0 Å². The van der Waals surface area contributed by atoms with Gasteiger partial charge in [-0.25, -0.2) is 0 Å². The monoisotopic (exact) mass is 352 g/mol. The van der Waals surface area contributed by atoms with Crippen LogP contribution in [-0.4, -0.2) is 0 Å². The van der Waals surface area contributed by atoms with Gasteiger partial charge in [-0.1, -0.05) is 97.1 Å². The van der Waals surface area contributed by atoms with E-state index in [1.165, 1.54) is 64.6 Å². The average molecular weight is 352 g/mol. The Bertz CT molecular complexity index is 1700. The van der Waals surface area contributed by atoms with Crippen LogP contribution in [0.4, 0.5) is 0 Å². The molecule has 0 bridgehead atoms. The van der Waals surface area contributed by atoms with Crippen molar-refractivity contribution in [2.45, 2.75) is 0 Å². The molecule has 128 valence electrons. The molecule has 0 heteroatoms. The first kappa shape index (κ1) is 14.4. The maximum absolute atomic E-state index is 2.31. The maximum atomic E-state index is 2.31. The molecule has 0 amide bonds. The molecule has 7 aromatic rings. The number of benzene rings is 7. The molecule has 0 unspecified atom stereocenters. The van der Waals surface area contributed by atoms with Crippen LogP contribution in [0.15, 0.2) is 97.1 Å². The topological polar surface area (TPSA) is 0 Å². The summed E-state index contributed by atoms with van der Waals surface area (Å²) in [6.45, 7) is 0. The van der Waals surface area contributed by atoms with Crippen molar-refractivity contribution in [1.82, 2.24) is 0 Å². The molecular formula is C28H16. The smallest absolute Gasteiger partial charge is 0.00137 e. The summed E-state index contributed by atoms with van der Waals surface area (Å²) >= 11 is 0. The molecule has 0 aliphatic heterocycles. The van der Waals surface area contributed by atoms with Gasteiger partial charge in [0, 0.05) is 0 Å². The predicted molar refractivity (Wildman–Crippen MR) is 123 cm³/mol. The van der Waals surface area contributed by atoms with Crippen molar-refractivity contribution in [3.63, 3.8) is 0 Å². The Morgan fingerprint density at radius 3 is 1.43 bits per heavy atom. The van der Waals surface area contributed by atoms with Crippen LogP contribution in [0.5, 0.6) is 0 Å². The minimum absolute atomic E-state index is 1.30. The zero-order valence-corrected chi connectivity index (χ0v) is 15.2. The first-order valence-electron chi connectivity index (χ1n) is 9.80. The highest BCUT2D eigenvalue weighted by atomic mass is 14.2. The zero-order valence-electron chi connectivity index (χ0n) is 15.2. The number of rotatable bonds is 0. The van der Waals surface area contributed by atoms with Crippen LogP contribution in [0, 0.1) is 0 Å². The summed E-state index contributed by atoms with van der Waals surface area (Å²) < 4.78 is 0. The van der Waals surface area contributed by atoms with Crippen molar-refractivity contribution < 1.29 is 0 Å². The van der Waals surface area contributed by atoms with Crippen molar-refractivity contribution in [1.29, 1.82) is 0 Å². The van der Waals surface area contributed by atoms with E-state index in [-0.39, 0.29) is 0 Å². The summed E-state index contributed by atoms with van der Waals surface area (Å²) in [4.78, 5) is 0. The highest BCUT2D eigenvalue weighted by Crippen LogP contribution is 2.45. The fraction of sp³-hybridized carbons (Fsp3) is 0. The Balaban J connectivity index is 1.97. The number of hydrogen-bond donors (Lipinski definition) is 0. The lowest BCUT2D eigenvalue weighted by molar-refractivity contribution is 1.79. The van der Waals surface area contributed by atoms with E-state index in [0.29, 0.717) is 0 Å². The first-order chi connectivity index (χ1) is 13.9. The van der Waals surface area contributed by atoms with Gasteiger partial charge in [0.2, 0.25) is 0 Å². The van der Waals surface area contributed by atoms with Gasteiger partial charge in [0.05, 0.1) is 0 Å². The Morgan fingerprint density at radius 2 is 0.714 bits per heavy atom. The van der Waals surface area contributed by atoms with E-state index in [9.17, 15) is 0 Å². The highest BCUT2D eigenvalue weighted by Gasteiger charge is 2.17. The summed E-state index contributed by atoms with van der Waals surface area (Å²) in [6, 6.07) is 35.7. The lowest BCUT2D eigenvalue weighted by atomic mass is 9.85. The van der Waals surface area contributed by atoms with Crippen molar-refractivity contribution in [3.05, 3.63) is 97.1 Å². The minimum Gasteiger partial charge on any atom is -0.0616 e. The Hall–Kier alpha value is -3.64. The molecular weight excluding hydrogens is 336 g/mol. The summed E-state index contributed by atoms with van der Waals surface area (Å²) in [7, 11) is 0. The van der Waals surface area contributed by atoms with E-state index in [1.54, 1.807) is 0 Å². The predicted octanol–water partition coefficient (Wildman–Crippen LogP) is 8.04. The average Bonchev–Trinajstić information content (AvgIpc) is 2.78. The maximum Gasteiger partial charge on any atom is -0.00137 e. The standard InChI is InChI=1S/C28H16/c1-2-8-18-17(7-1)15-16-24-23-13-5-11-21-19-9-3-4-10-20(19)22-12-6-14-25(26(18)24)28(22)27(21)23/h1-16H. The van der Waals surface area contributed by atoms with Gasteiger partial charge in [0.25, 0.3) is 0 Å². The van der Waals surface area contributed by atoms with Gasteiger partial charge in [-0.05, 0) is 64.6 Å². The molecule has 0 nitrogen and oxygen atoms in total. The molecule has 0 fully saturated rings. The summed E-state index contributed by atoms with van der Waals surface area (Å²) in [5.74, 6) is 0. The number of hydrogen-bond acceptors (Lipinski definition) is 0. The van der Waals surface area contributed by atoms with Gasteiger partial charge in [-0.2, -0.15) is 0 Å².